The van der Waals surface area contributed by atoms with Gasteiger partial charge in [0.2, 0.25) is 0 Å². The van der Waals surface area contributed by atoms with Gasteiger partial charge in [0, 0.05) is 19.6 Å². The molecule has 1 aliphatic heterocycles. The highest BCUT2D eigenvalue weighted by atomic mass is 127. The third-order valence-electron chi connectivity index (χ3n) is 4.04. The maximum absolute atomic E-state index is 4.25. The lowest BCUT2D eigenvalue weighted by atomic mass is 9.99. The van der Waals surface area contributed by atoms with Crippen LogP contribution in [0, 0.1) is 5.92 Å². The van der Waals surface area contributed by atoms with Gasteiger partial charge in [0.15, 0.2) is 5.96 Å². The molecule has 1 unspecified atom stereocenters. The molecule has 1 rings (SSSR count). The van der Waals surface area contributed by atoms with E-state index < -0.39 is 0 Å². The van der Waals surface area contributed by atoms with Gasteiger partial charge in [-0.05, 0) is 58.2 Å². The second kappa shape index (κ2) is 11.6. The quantitative estimate of drug-likeness (QED) is 0.314. The molecule has 4 nitrogen and oxygen atoms in total. The zero-order valence-electron chi connectivity index (χ0n) is 13.6. The Morgan fingerprint density at radius 2 is 2.00 bits per heavy atom. The van der Waals surface area contributed by atoms with Gasteiger partial charge < -0.3 is 15.5 Å². The van der Waals surface area contributed by atoms with Crippen LogP contribution in [0.1, 0.15) is 46.5 Å². The van der Waals surface area contributed by atoms with E-state index in [1.54, 1.807) is 0 Å². The molecule has 0 aromatic carbocycles. The first-order valence-corrected chi connectivity index (χ1v) is 7.85. The van der Waals surface area contributed by atoms with Crippen LogP contribution in [0.5, 0.6) is 0 Å². The predicted molar refractivity (Wildman–Crippen MR) is 99.1 cm³/mol. The van der Waals surface area contributed by atoms with E-state index in [2.05, 4.69) is 41.3 Å². The molecule has 0 saturated carbocycles. The first-order chi connectivity index (χ1) is 9.15. The Bertz CT molecular complexity index is 263. The van der Waals surface area contributed by atoms with Crippen LogP contribution in [0.3, 0.4) is 0 Å². The molecule has 120 valence electrons. The third-order valence-corrected chi connectivity index (χ3v) is 4.04. The molecule has 0 bridgehead atoms. The first kappa shape index (κ1) is 20.0. The van der Waals surface area contributed by atoms with Crippen LogP contribution in [0.25, 0.3) is 0 Å². The van der Waals surface area contributed by atoms with Gasteiger partial charge in [0.05, 0.1) is 0 Å². The number of likely N-dealkylation sites (tertiary alicyclic amines) is 1. The summed E-state index contributed by atoms with van der Waals surface area (Å²) in [4.78, 5) is 6.84. The zero-order valence-corrected chi connectivity index (χ0v) is 15.9. The predicted octanol–water partition coefficient (Wildman–Crippen LogP) is 2.69. The van der Waals surface area contributed by atoms with Crippen LogP contribution in [0.15, 0.2) is 4.99 Å². The second-order valence-electron chi connectivity index (χ2n) is 5.83. The van der Waals surface area contributed by atoms with Crippen molar-refractivity contribution in [2.24, 2.45) is 10.9 Å². The van der Waals surface area contributed by atoms with Crippen molar-refractivity contribution in [3.8, 4) is 0 Å². The summed E-state index contributed by atoms with van der Waals surface area (Å²) in [6.45, 7) is 11.5. The van der Waals surface area contributed by atoms with Crippen LogP contribution in [0.2, 0.25) is 0 Å². The molecule has 0 radical (unpaired) electrons. The molecule has 1 saturated heterocycles. The highest BCUT2D eigenvalue weighted by Crippen LogP contribution is 2.15. The van der Waals surface area contributed by atoms with Crippen molar-refractivity contribution < 1.29 is 0 Å². The van der Waals surface area contributed by atoms with Crippen molar-refractivity contribution in [1.82, 2.24) is 15.5 Å². The Labute approximate surface area is 142 Å². The van der Waals surface area contributed by atoms with Crippen LogP contribution in [-0.2, 0) is 0 Å². The fraction of sp³-hybridized carbons (Fsp3) is 0.933. The lowest BCUT2D eigenvalue weighted by molar-refractivity contribution is 0.191. The maximum Gasteiger partial charge on any atom is 0.191 e. The molecular formula is C15H33IN4. The number of halogens is 1. The fourth-order valence-corrected chi connectivity index (χ4v) is 2.33. The Hall–Kier alpha value is -0.0400. The van der Waals surface area contributed by atoms with Crippen molar-refractivity contribution >= 4 is 29.9 Å². The van der Waals surface area contributed by atoms with Crippen molar-refractivity contribution in [2.75, 3.05) is 33.2 Å². The van der Waals surface area contributed by atoms with Gasteiger partial charge in [0.1, 0.15) is 0 Å². The number of aliphatic imine (C=N–C) groups is 1. The number of piperidine rings is 1. The fourth-order valence-electron chi connectivity index (χ4n) is 2.33. The van der Waals surface area contributed by atoms with Gasteiger partial charge in [0.25, 0.3) is 0 Å². The minimum Gasteiger partial charge on any atom is -0.356 e. The monoisotopic (exact) mass is 396 g/mol. The molecule has 0 spiro atoms. The summed E-state index contributed by atoms with van der Waals surface area (Å²) in [7, 11) is 1.84. The van der Waals surface area contributed by atoms with E-state index in [1.165, 1.54) is 38.9 Å². The van der Waals surface area contributed by atoms with Crippen molar-refractivity contribution in [3.63, 3.8) is 0 Å². The van der Waals surface area contributed by atoms with Gasteiger partial charge in [-0.15, -0.1) is 24.0 Å². The SMILES string of the molecule is CCC(C)NC(=NC)NCCCN1CCC(C)CC1.I. The second-order valence-corrected chi connectivity index (χ2v) is 5.83. The van der Waals surface area contributed by atoms with E-state index in [4.69, 9.17) is 0 Å². The standard InChI is InChI=1S/C15H32N4.HI/c1-5-14(3)18-15(16-4)17-9-6-10-19-11-7-13(2)8-12-19;/h13-14H,5-12H2,1-4H3,(H2,16,17,18);1H. The average molecular weight is 396 g/mol. The summed E-state index contributed by atoms with van der Waals surface area (Å²) < 4.78 is 0. The van der Waals surface area contributed by atoms with Crippen molar-refractivity contribution in [3.05, 3.63) is 0 Å². The molecule has 1 atom stereocenters. The minimum atomic E-state index is 0. The summed E-state index contributed by atoms with van der Waals surface area (Å²) in [5.74, 6) is 1.86. The molecule has 1 aliphatic rings. The number of hydrogen-bond donors (Lipinski definition) is 2. The van der Waals surface area contributed by atoms with Crippen LogP contribution >= 0.6 is 24.0 Å². The Morgan fingerprint density at radius 3 is 2.55 bits per heavy atom. The van der Waals surface area contributed by atoms with E-state index in [9.17, 15) is 0 Å². The highest BCUT2D eigenvalue weighted by Gasteiger charge is 2.14. The van der Waals surface area contributed by atoms with Crippen molar-refractivity contribution in [1.29, 1.82) is 0 Å². The van der Waals surface area contributed by atoms with E-state index in [-0.39, 0.29) is 24.0 Å². The Kier molecular flexibility index (Phi) is 11.6. The summed E-state index contributed by atoms with van der Waals surface area (Å²) >= 11 is 0. The molecule has 0 amide bonds. The normalized spacial score (nSPS) is 19.3. The number of rotatable bonds is 6. The molecule has 1 fully saturated rings. The lowest BCUT2D eigenvalue weighted by Crippen LogP contribution is -2.43. The molecule has 20 heavy (non-hydrogen) atoms. The zero-order chi connectivity index (χ0) is 14.1. The van der Waals surface area contributed by atoms with Crippen LogP contribution in [-0.4, -0.2) is 50.1 Å². The topological polar surface area (TPSA) is 39.7 Å². The first-order valence-electron chi connectivity index (χ1n) is 7.85. The van der Waals surface area contributed by atoms with Gasteiger partial charge in [-0.25, -0.2) is 0 Å². The Morgan fingerprint density at radius 1 is 1.35 bits per heavy atom. The molecule has 0 aliphatic carbocycles. The van der Waals surface area contributed by atoms with E-state index >= 15 is 0 Å². The van der Waals surface area contributed by atoms with Gasteiger partial charge in [-0.2, -0.15) is 0 Å². The summed E-state index contributed by atoms with van der Waals surface area (Å²) in [6, 6.07) is 0.481. The molecule has 5 heteroatoms. The van der Waals surface area contributed by atoms with Crippen molar-refractivity contribution in [2.45, 2.75) is 52.5 Å². The third kappa shape index (κ3) is 8.29. The van der Waals surface area contributed by atoms with Gasteiger partial charge in [-0.3, -0.25) is 4.99 Å². The average Bonchev–Trinajstić information content (AvgIpc) is 2.43. The van der Waals surface area contributed by atoms with E-state index in [0.717, 1.165) is 24.8 Å². The maximum atomic E-state index is 4.25. The van der Waals surface area contributed by atoms with Gasteiger partial charge in [-0.1, -0.05) is 13.8 Å². The Balaban J connectivity index is 0.00000361. The van der Waals surface area contributed by atoms with Gasteiger partial charge >= 0.3 is 0 Å². The minimum absolute atomic E-state index is 0. The molecule has 0 aromatic heterocycles. The molecule has 1 heterocycles. The molecule has 0 aromatic rings. The number of nitrogens with one attached hydrogen (secondary N) is 2. The van der Waals surface area contributed by atoms with Crippen LogP contribution in [0.4, 0.5) is 0 Å². The molecular weight excluding hydrogens is 363 g/mol. The number of hydrogen-bond acceptors (Lipinski definition) is 2. The summed E-state index contributed by atoms with van der Waals surface area (Å²) in [6.07, 6.45) is 5.04. The van der Waals surface area contributed by atoms with E-state index in [0.29, 0.717) is 6.04 Å². The lowest BCUT2D eigenvalue weighted by Gasteiger charge is -2.30. The summed E-state index contributed by atoms with van der Waals surface area (Å²) in [5.41, 5.74) is 0. The number of nitrogens with zero attached hydrogens (tertiary/aromatic N) is 2. The highest BCUT2D eigenvalue weighted by molar-refractivity contribution is 14.0. The summed E-state index contributed by atoms with van der Waals surface area (Å²) in [5, 5.41) is 6.78. The van der Waals surface area contributed by atoms with E-state index in [1.807, 2.05) is 7.05 Å². The number of guanidine groups is 1. The molecule has 2 N–H and O–H groups in total. The smallest absolute Gasteiger partial charge is 0.191 e. The largest absolute Gasteiger partial charge is 0.356 e. The van der Waals surface area contributed by atoms with Crippen LogP contribution < -0.4 is 10.6 Å².